The van der Waals surface area contributed by atoms with Crippen molar-refractivity contribution >= 4 is 58.2 Å². The summed E-state index contributed by atoms with van der Waals surface area (Å²) in [5, 5.41) is 39.0. The predicted octanol–water partition coefficient (Wildman–Crippen LogP) is 0.853. The van der Waals surface area contributed by atoms with Crippen molar-refractivity contribution in [3.8, 4) is 11.4 Å². The summed E-state index contributed by atoms with van der Waals surface area (Å²) < 4.78 is 28.1. The van der Waals surface area contributed by atoms with Gasteiger partial charge in [-0.2, -0.15) is 0 Å². The Morgan fingerprint density at radius 2 is 1.65 bits per heavy atom. The zero-order valence-corrected chi connectivity index (χ0v) is 43.2. The van der Waals surface area contributed by atoms with Crippen LogP contribution in [0.25, 0.3) is 22.3 Å². The topological polar surface area (TPSA) is 306 Å². The summed E-state index contributed by atoms with van der Waals surface area (Å²) in [7, 11) is 0. The fourth-order valence-corrected chi connectivity index (χ4v) is 10.8. The van der Waals surface area contributed by atoms with E-state index in [0.717, 1.165) is 27.0 Å². The number of imide groups is 1. The lowest BCUT2D eigenvalue weighted by molar-refractivity contribution is -0.172. The second-order valence-electron chi connectivity index (χ2n) is 20.3. The molecule has 4 atom stereocenters. The molecule has 3 aliphatic heterocycles. The maximum Gasteiger partial charge on any atom is 0.343 e. The van der Waals surface area contributed by atoms with Crippen LogP contribution in [0, 0.1) is 18.7 Å². The molecule has 0 spiro atoms. The molecule has 1 saturated carbocycles. The predicted molar refractivity (Wildman–Crippen MR) is 275 cm³/mol. The number of aliphatic hydroxyl groups is 2. The van der Waals surface area contributed by atoms with Crippen molar-refractivity contribution < 1.29 is 62.4 Å². The maximum absolute atomic E-state index is 15.4. The first-order valence-electron chi connectivity index (χ1n) is 26.3. The lowest BCUT2D eigenvalue weighted by Gasteiger charge is -2.36. The molecule has 8 N–H and O–H groups in total. The monoisotopic (exact) mass is 1080 g/mol. The molecule has 2 aromatic carbocycles. The van der Waals surface area contributed by atoms with Gasteiger partial charge in [-0.25, -0.2) is 14.2 Å². The molecule has 22 nitrogen and oxygen atoms in total. The smallest absolute Gasteiger partial charge is 0.343 e. The Kier molecular flexibility index (Phi) is 16.6. The summed E-state index contributed by atoms with van der Waals surface area (Å²) >= 11 is 0. The molecule has 2 aliphatic carbocycles. The van der Waals surface area contributed by atoms with E-state index in [9.17, 15) is 53.4 Å². The molecule has 4 aromatic rings. The second kappa shape index (κ2) is 23.5. The third-order valence-corrected chi connectivity index (χ3v) is 15.3. The quantitative estimate of drug-likeness (QED) is 0.0195. The van der Waals surface area contributed by atoms with Crippen molar-refractivity contribution in [2.45, 2.75) is 121 Å². The van der Waals surface area contributed by atoms with Crippen molar-refractivity contribution in [1.82, 2.24) is 46.4 Å². The van der Waals surface area contributed by atoms with Crippen molar-refractivity contribution in [2.24, 2.45) is 5.92 Å². The van der Waals surface area contributed by atoms with Crippen LogP contribution in [-0.4, -0.2) is 123 Å². The van der Waals surface area contributed by atoms with E-state index in [0.29, 0.717) is 73.0 Å². The zero-order valence-electron chi connectivity index (χ0n) is 43.2. The molecule has 5 heterocycles. The van der Waals surface area contributed by atoms with Crippen molar-refractivity contribution in [2.75, 3.05) is 32.9 Å². The standard InChI is InChI=1S/C55H62FN9O13/c1-3-55(76)36-21-41-50-34(26-65(41)53(74)35(36)27-77-54(55)75)49-38(14-13-33-29(2)37(56)22-39(62-50)48(33)49)63-51(72)31-19-32(20-31)78-28-60-44(68)24-59-52(73)40(18-30-10-6-4-7-11-30)61-45(69)25-58-43(67)23-57-42(66)12-8-5-9-17-64-46(70)15-16-47(64)71/h4,6-7,10-11,15-16,21-22,31-32,38,40,44,60,68,76H,3,5,8-9,12-14,17-20,23-28H2,1-2H3,(H,57,66)(H,58,67)(H,59,73)(H,61,69)(H,63,72)/t31-,32-,38-,40-,44?,55-/m0/s1. The number of hydrogen-bond acceptors (Lipinski definition) is 15. The number of nitrogens with one attached hydrogen (secondary N) is 6. The number of ether oxygens (including phenoxy) is 2. The Morgan fingerprint density at radius 3 is 2.40 bits per heavy atom. The summed E-state index contributed by atoms with van der Waals surface area (Å²) in [5.41, 5.74) is 2.44. The number of halogens is 1. The summed E-state index contributed by atoms with van der Waals surface area (Å²) in [5.74, 6) is -4.90. The first-order chi connectivity index (χ1) is 37.4. The first kappa shape index (κ1) is 55.0. The van der Waals surface area contributed by atoms with Gasteiger partial charge in [-0.15, -0.1) is 0 Å². The summed E-state index contributed by atoms with van der Waals surface area (Å²) in [6.07, 6.45) is 4.32. The lowest BCUT2D eigenvalue weighted by Crippen LogP contribution is -2.53. The normalized spacial score (nSPS) is 20.4. The fourth-order valence-electron chi connectivity index (χ4n) is 10.8. The molecule has 78 heavy (non-hydrogen) atoms. The van der Waals surface area contributed by atoms with E-state index in [-0.39, 0.29) is 99.6 Å². The number of hydrogen-bond donors (Lipinski definition) is 8. The zero-order chi connectivity index (χ0) is 55.4. The van der Waals surface area contributed by atoms with Crippen LogP contribution in [-0.2, 0) is 79.4 Å². The van der Waals surface area contributed by atoms with Crippen LogP contribution in [0.5, 0.6) is 0 Å². The van der Waals surface area contributed by atoms with E-state index in [4.69, 9.17) is 14.5 Å². The number of rotatable bonds is 23. The van der Waals surface area contributed by atoms with Crippen LogP contribution in [0.15, 0.2) is 59.4 Å². The summed E-state index contributed by atoms with van der Waals surface area (Å²) in [6.45, 7) is 2.16. The number of carbonyl (C=O) groups is 8. The highest BCUT2D eigenvalue weighted by atomic mass is 19.1. The van der Waals surface area contributed by atoms with Crippen LogP contribution in [0.4, 0.5) is 4.39 Å². The van der Waals surface area contributed by atoms with Crippen LogP contribution in [0.2, 0.25) is 0 Å². The van der Waals surface area contributed by atoms with E-state index in [1.807, 2.05) is 0 Å². The molecule has 1 fully saturated rings. The van der Waals surface area contributed by atoms with E-state index < -0.39 is 71.4 Å². The third kappa shape index (κ3) is 11.6. The Balaban J connectivity index is 0.724. The van der Waals surface area contributed by atoms with Gasteiger partial charge in [0.05, 0.1) is 67.5 Å². The van der Waals surface area contributed by atoms with Gasteiger partial charge in [0, 0.05) is 60.0 Å². The largest absolute Gasteiger partial charge is 0.458 e. The lowest BCUT2D eigenvalue weighted by atomic mass is 9.79. The minimum Gasteiger partial charge on any atom is -0.458 e. The van der Waals surface area contributed by atoms with Gasteiger partial charge in [0.25, 0.3) is 17.4 Å². The average molecular weight is 1080 g/mol. The minimum absolute atomic E-state index is 0.0274. The maximum atomic E-state index is 15.4. The molecule has 1 unspecified atom stereocenters. The fraction of sp³-hybridized carbons (Fsp3) is 0.455. The third-order valence-electron chi connectivity index (χ3n) is 15.3. The number of cyclic esters (lactones) is 1. The van der Waals surface area contributed by atoms with Crippen LogP contribution in [0.3, 0.4) is 0 Å². The van der Waals surface area contributed by atoms with E-state index in [2.05, 4.69) is 31.9 Å². The van der Waals surface area contributed by atoms with E-state index in [1.54, 1.807) is 50.2 Å². The summed E-state index contributed by atoms with van der Waals surface area (Å²) in [4.78, 5) is 121. The molecule has 7 amide bonds. The molecule has 9 rings (SSSR count). The number of esters is 1. The summed E-state index contributed by atoms with van der Waals surface area (Å²) in [6, 6.07) is 10.3. The van der Waals surface area contributed by atoms with Crippen LogP contribution in [0.1, 0.15) is 103 Å². The molecule has 23 heteroatoms. The highest BCUT2D eigenvalue weighted by molar-refractivity contribution is 6.12. The molecule has 0 bridgehead atoms. The highest BCUT2D eigenvalue weighted by Crippen LogP contribution is 2.46. The van der Waals surface area contributed by atoms with Crippen molar-refractivity contribution in [1.29, 1.82) is 0 Å². The number of pyridine rings is 2. The molecule has 0 saturated heterocycles. The van der Waals surface area contributed by atoms with Crippen molar-refractivity contribution in [3.05, 3.63) is 110 Å². The average Bonchev–Trinajstić information content (AvgIpc) is 4.16. The van der Waals surface area contributed by atoms with Gasteiger partial charge in [-0.3, -0.25) is 48.6 Å². The minimum atomic E-state index is -2.03. The molecular formula is C55H62FN9O13. The SMILES string of the molecule is CC[C@@]1(O)C(=O)OCc2c1cc1n(c2=O)Cc2c-1nc1cc(F)c(C)c3c1c2[C@@H](NC(=O)[C@H]1C[C@H](OCNC(O)CNC(=O)[C@H](Cc2ccccc2)NC(=O)CNC(=O)CNC(=O)CCCCCN2C(=O)C=CC2=O)C1)CC3. The van der Waals surface area contributed by atoms with Crippen LogP contribution < -0.4 is 37.5 Å². The van der Waals surface area contributed by atoms with Gasteiger partial charge in [0.15, 0.2) is 5.60 Å². The number of aryl methyl sites for hydroxylation is 1. The number of aromatic nitrogens is 2. The number of nitrogens with zero attached hydrogens (tertiary/aromatic N) is 3. The van der Waals surface area contributed by atoms with Gasteiger partial charge >= 0.3 is 5.97 Å². The second-order valence-corrected chi connectivity index (χ2v) is 20.3. The van der Waals surface area contributed by atoms with Gasteiger partial charge in [0.1, 0.15) is 24.7 Å². The number of fused-ring (bicyclic) bond motifs is 5. The Hall–Kier alpha value is -7.73. The number of benzene rings is 2. The highest BCUT2D eigenvalue weighted by Gasteiger charge is 2.46. The Labute approximate surface area is 446 Å². The Morgan fingerprint density at radius 1 is 0.923 bits per heavy atom. The number of aliphatic hydroxyl groups excluding tert-OH is 1. The Bertz CT molecular complexity index is 3160. The molecular weight excluding hydrogens is 1010 g/mol. The first-order valence-corrected chi connectivity index (χ1v) is 26.3. The number of unbranched alkanes of at least 4 members (excludes halogenated alkanes) is 2. The van der Waals surface area contributed by atoms with Gasteiger partial charge < -0.3 is 50.8 Å². The van der Waals surface area contributed by atoms with Gasteiger partial charge in [-0.05, 0) is 80.2 Å². The van der Waals surface area contributed by atoms with E-state index in [1.165, 1.54) is 22.8 Å². The molecule has 412 valence electrons. The molecule has 0 radical (unpaired) electrons. The number of amides is 7. The molecule has 2 aromatic heterocycles. The van der Waals surface area contributed by atoms with Gasteiger partial charge in [-0.1, -0.05) is 43.7 Å². The van der Waals surface area contributed by atoms with Crippen molar-refractivity contribution in [3.63, 3.8) is 0 Å². The van der Waals surface area contributed by atoms with Crippen LogP contribution >= 0.6 is 0 Å². The van der Waals surface area contributed by atoms with E-state index >= 15 is 4.39 Å². The molecule has 5 aliphatic rings. The van der Waals surface area contributed by atoms with Gasteiger partial charge in [0.2, 0.25) is 29.5 Å². The number of carbonyl (C=O) groups excluding carboxylic acids is 8.